The lowest BCUT2D eigenvalue weighted by Gasteiger charge is -2.11. The summed E-state index contributed by atoms with van der Waals surface area (Å²) in [4.78, 5) is 1.02. The van der Waals surface area contributed by atoms with Crippen molar-refractivity contribution in [1.29, 1.82) is 0 Å². The minimum Gasteiger partial charge on any atom is -0.312 e. The highest BCUT2D eigenvalue weighted by atomic mass is 32.2. The van der Waals surface area contributed by atoms with Crippen molar-refractivity contribution in [2.75, 3.05) is 12.8 Å². The maximum absolute atomic E-state index is 13.5. The zero-order valence-electron chi connectivity index (χ0n) is 12.2. The van der Waals surface area contributed by atoms with E-state index in [1.165, 1.54) is 6.07 Å². The lowest BCUT2D eigenvalue weighted by Crippen LogP contribution is -2.19. The Kier molecular flexibility index (Phi) is 6.47. The van der Waals surface area contributed by atoms with Crippen LogP contribution in [0.4, 0.5) is 4.39 Å². The summed E-state index contributed by atoms with van der Waals surface area (Å²) in [6.07, 6.45) is 1.98. The van der Waals surface area contributed by atoms with Crippen molar-refractivity contribution in [3.05, 3.63) is 29.6 Å². The van der Waals surface area contributed by atoms with E-state index in [9.17, 15) is 4.39 Å². The summed E-state index contributed by atoms with van der Waals surface area (Å²) in [7, 11) is 0. The molecule has 2 rings (SSSR count). The van der Waals surface area contributed by atoms with E-state index in [0.29, 0.717) is 12.5 Å². The van der Waals surface area contributed by atoms with Gasteiger partial charge in [-0.2, -0.15) is 0 Å². The van der Waals surface area contributed by atoms with Gasteiger partial charge in [-0.15, -0.1) is 10.2 Å². The molecular weight excluding hydrogens is 325 g/mol. The first kappa shape index (κ1) is 16.7. The highest BCUT2D eigenvalue weighted by Gasteiger charge is 2.10. The topological polar surface area (TPSA) is 37.8 Å². The molecule has 0 atom stereocenters. The average Bonchev–Trinajstić information content (AvgIpc) is 2.89. The van der Waals surface area contributed by atoms with E-state index in [1.807, 2.05) is 12.3 Å². The van der Waals surface area contributed by atoms with Crippen LogP contribution in [0.2, 0.25) is 0 Å². The largest absolute Gasteiger partial charge is 0.312 e. The van der Waals surface area contributed by atoms with Crippen LogP contribution in [0, 0.1) is 11.7 Å². The Morgan fingerprint density at radius 2 is 2.05 bits per heavy atom. The van der Waals surface area contributed by atoms with Gasteiger partial charge in [0.15, 0.2) is 8.68 Å². The monoisotopic (exact) mass is 343 g/mol. The Labute approximate surface area is 137 Å². The van der Waals surface area contributed by atoms with E-state index >= 15 is 0 Å². The lowest BCUT2D eigenvalue weighted by molar-refractivity contribution is 0.547. The normalized spacial score (nSPS) is 11.3. The average molecular weight is 344 g/mol. The van der Waals surface area contributed by atoms with Crippen molar-refractivity contribution in [3.8, 4) is 0 Å². The maximum atomic E-state index is 13.5. The summed E-state index contributed by atoms with van der Waals surface area (Å²) in [5, 5.41) is 11.6. The van der Waals surface area contributed by atoms with Crippen LogP contribution >= 0.6 is 34.9 Å². The molecule has 0 saturated heterocycles. The number of halogens is 1. The molecule has 0 unspecified atom stereocenters. The predicted octanol–water partition coefficient (Wildman–Crippen LogP) is 4.30. The van der Waals surface area contributed by atoms with Gasteiger partial charge in [0.2, 0.25) is 0 Å². The summed E-state index contributed by atoms with van der Waals surface area (Å²) < 4.78 is 15.3. The quantitative estimate of drug-likeness (QED) is 0.759. The van der Waals surface area contributed by atoms with Crippen LogP contribution in [0.15, 0.2) is 31.8 Å². The summed E-state index contributed by atoms with van der Waals surface area (Å²) in [6.45, 7) is 5.88. The van der Waals surface area contributed by atoms with Crippen LogP contribution in [0.1, 0.15) is 19.4 Å². The SMILES string of the molecule is CSc1nnc(Sc2ccc(F)cc2CNCC(C)C)s1. The minimum atomic E-state index is -0.206. The van der Waals surface area contributed by atoms with Crippen molar-refractivity contribution < 1.29 is 4.39 Å². The number of nitrogens with one attached hydrogen (secondary N) is 1. The summed E-state index contributed by atoms with van der Waals surface area (Å²) >= 11 is 4.68. The Morgan fingerprint density at radius 3 is 2.71 bits per heavy atom. The van der Waals surface area contributed by atoms with Crippen molar-refractivity contribution >= 4 is 34.9 Å². The molecule has 0 aliphatic rings. The molecular formula is C14H18FN3S3. The van der Waals surface area contributed by atoms with Gasteiger partial charge in [0, 0.05) is 11.4 Å². The van der Waals surface area contributed by atoms with E-state index in [-0.39, 0.29) is 5.82 Å². The van der Waals surface area contributed by atoms with Gasteiger partial charge in [-0.25, -0.2) is 4.39 Å². The summed E-state index contributed by atoms with van der Waals surface area (Å²) in [6, 6.07) is 4.89. The third-order valence-electron chi connectivity index (χ3n) is 2.65. The van der Waals surface area contributed by atoms with Crippen LogP contribution in [-0.4, -0.2) is 23.0 Å². The second-order valence-corrected chi connectivity index (χ2v) is 8.24. The van der Waals surface area contributed by atoms with Gasteiger partial charge in [-0.05, 0) is 42.5 Å². The highest BCUT2D eigenvalue weighted by molar-refractivity contribution is 8.03. The van der Waals surface area contributed by atoms with Crippen LogP contribution in [0.3, 0.4) is 0 Å². The first-order valence-electron chi connectivity index (χ1n) is 6.63. The number of benzene rings is 1. The molecule has 7 heteroatoms. The first-order chi connectivity index (χ1) is 10.1. The number of thioether (sulfide) groups is 1. The molecule has 1 N–H and O–H groups in total. The number of hydrogen-bond acceptors (Lipinski definition) is 6. The number of rotatable bonds is 7. The molecule has 0 bridgehead atoms. The standard InChI is InChI=1S/C14H18FN3S3/c1-9(2)7-16-8-10-6-11(15)4-5-12(10)20-14-18-17-13(19-3)21-14/h4-6,9,16H,7-8H2,1-3H3. The highest BCUT2D eigenvalue weighted by Crippen LogP contribution is 2.34. The molecule has 0 spiro atoms. The molecule has 1 heterocycles. The molecule has 0 aliphatic heterocycles. The molecule has 1 aromatic carbocycles. The smallest absolute Gasteiger partial charge is 0.179 e. The predicted molar refractivity (Wildman–Crippen MR) is 88.8 cm³/mol. The Hall–Kier alpha value is -0.630. The lowest BCUT2D eigenvalue weighted by atomic mass is 10.2. The van der Waals surface area contributed by atoms with Crippen LogP contribution < -0.4 is 5.32 Å². The molecule has 0 aliphatic carbocycles. The van der Waals surface area contributed by atoms with E-state index in [0.717, 1.165) is 25.7 Å². The molecule has 0 saturated carbocycles. The van der Waals surface area contributed by atoms with E-state index in [4.69, 9.17) is 0 Å². The fourth-order valence-corrected chi connectivity index (χ4v) is 4.20. The molecule has 21 heavy (non-hydrogen) atoms. The van der Waals surface area contributed by atoms with E-state index in [2.05, 4.69) is 29.4 Å². The second-order valence-electron chi connectivity index (χ2n) is 4.92. The van der Waals surface area contributed by atoms with Crippen molar-refractivity contribution in [1.82, 2.24) is 15.5 Å². The first-order valence-corrected chi connectivity index (χ1v) is 9.48. The van der Waals surface area contributed by atoms with Crippen molar-refractivity contribution in [2.45, 2.75) is 34.0 Å². The fraction of sp³-hybridized carbons (Fsp3) is 0.429. The molecule has 3 nitrogen and oxygen atoms in total. The molecule has 0 fully saturated rings. The van der Waals surface area contributed by atoms with Gasteiger partial charge in [-0.1, -0.05) is 48.7 Å². The summed E-state index contributed by atoms with van der Waals surface area (Å²) in [5.74, 6) is 0.365. The van der Waals surface area contributed by atoms with Gasteiger partial charge in [0.25, 0.3) is 0 Å². The van der Waals surface area contributed by atoms with Gasteiger partial charge < -0.3 is 5.32 Å². The van der Waals surface area contributed by atoms with E-state index < -0.39 is 0 Å². The van der Waals surface area contributed by atoms with Crippen LogP contribution in [0.5, 0.6) is 0 Å². The number of aromatic nitrogens is 2. The summed E-state index contributed by atoms with van der Waals surface area (Å²) in [5.41, 5.74) is 0.960. The fourth-order valence-electron chi connectivity index (χ4n) is 1.70. The molecule has 114 valence electrons. The third-order valence-corrected chi connectivity index (χ3v) is 5.72. The van der Waals surface area contributed by atoms with Gasteiger partial charge >= 0.3 is 0 Å². The minimum absolute atomic E-state index is 0.206. The third kappa shape index (κ3) is 5.25. The Bertz CT molecular complexity index is 587. The number of hydrogen-bond donors (Lipinski definition) is 1. The van der Waals surface area contributed by atoms with Crippen molar-refractivity contribution in [2.24, 2.45) is 5.92 Å². The zero-order chi connectivity index (χ0) is 15.2. The van der Waals surface area contributed by atoms with E-state index in [1.54, 1.807) is 40.9 Å². The van der Waals surface area contributed by atoms with Gasteiger partial charge in [0.1, 0.15) is 5.82 Å². The second kappa shape index (κ2) is 8.12. The molecule has 0 amide bonds. The molecule has 1 aromatic heterocycles. The Morgan fingerprint density at radius 1 is 1.29 bits per heavy atom. The van der Waals surface area contributed by atoms with Crippen molar-refractivity contribution in [3.63, 3.8) is 0 Å². The van der Waals surface area contributed by atoms with Crippen LogP contribution in [-0.2, 0) is 6.54 Å². The molecule has 0 radical (unpaired) electrons. The van der Waals surface area contributed by atoms with Crippen LogP contribution in [0.25, 0.3) is 0 Å². The Balaban J connectivity index is 2.10. The maximum Gasteiger partial charge on any atom is 0.179 e. The number of nitrogens with zero attached hydrogens (tertiary/aromatic N) is 2. The van der Waals surface area contributed by atoms with Gasteiger partial charge in [-0.3, -0.25) is 0 Å². The zero-order valence-corrected chi connectivity index (χ0v) is 14.7. The van der Waals surface area contributed by atoms with Gasteiger partial charge in [0.05, 0.1) is 0 Å². The molecule has 2 aromatic rings.